The molecule has 0 fully saturated rings. The molecule has 0 unspecified atom stereocenters. The van der Waals surface area contributed by atoms with Crippen LogP contribution in [-0.4, -0.2) is 34.9 Å². The predicted molar refractivity (Wildman–Crippen MR) is 81.2 cm³/mol. The van der Waals surface area contributed by atoms with Gasteiger partial charge in [0.2, 0.25) is 0 Å². The van der Waals surface area contributed by atoms with Gasteiger partial charge in [-0.05, 0) is 18.2 Å². The van der Waals surface area contributed by atoms with E-state index in [1.54, 1.807) is 12.1 Å². The molecule has 1 aliphatic heterocycles. The van der Waals surface area contributed by atoms with Crippen molar-refractivity contribution >= 4 is 11.6 Å². The first-order valence-corrected chi connectivity index (χ1v) is 7.24. The Labute approximate surface area is 132 Å². The van der Waals surface area contributed by atoms with E-state index < -0.39 is 0 Å². The second kappa shape index (κ2) is 6.48. The van der Waals surface area contributed by atoms with Gasteiger partial charge in [-0.25, -0.2) is 0 Å². The summed E-state index contributed by atoms with van der Waals surface area (Å²) < 4.78 is 10.7. The highest BCUT2D eigenvalue weighted by atomic mass is 16.6. The molecule has 0 atom stereocenters. The van der Waals surface area contributed by atoms with Crippen molar-refractivity contribution in [1.82, 2.24) is 4.98 Å². The molecule has 1 aliphatic rings. The number of Topliss-reactive ketones (excluding diaryl/α,β-unsaturated/α-hetero) is 2. The number of phenols is 1. The zero-order chi connectivity index (χ0) is 16.2. The topological polar surface area (TPSA) is 85.7 Å². The highest BCUT2D eigenvalue weighted by Gasteiger charge is 2.20. The molecule has 0 spiro atoms. The maximum atomic E-state index is 12.3. The van der Waals surface area contributed by atoms with Crippen molar-refractivity contribution in [3.05, 3.63) is 47.8 Å². The van der Waals surface area contributed by atoms with E-state index in [0.717, 1.165) is 0 Å². The summed E-state index contributed by atoms with van der Waals surface area (Å²) in [5.41, 5.74) is 0.649. The first kappa shape index (κ1) is 15.0. The van der Waals surface area contributed by atoms with Crippen molar-refractivity contribution in [2.75, 3.05) is 13.2 Å². The number of aromatic nitrogens is 1. The van der Waals surface area contributed by atoms with Gasteiger partial charge in [0.05, 0.1) is 5.56 Å². The number of rotatable bonds is 5. The fourth-order valence-electron chi connectivity index (χ4n) is 2.35. The molecule has 6 heteroatoms. The molecule has 1 aromatic heterocycles. The molecule has 0 amide bonds. The largest absolute Gasteiger partial charge is 0.507 e. The summed E-state index contributed by atoms with van der Waals surface area (Å²) in [5.74, 6) is 0.214. The Kier molecular flexibility index (Phi) is 4.23. The van der Waals surface area contributed by atoms with E-state index >= 15 is 0 Å². The summed E-state index contributed by atoms with van der Waals surface area (Å²) in [4.78, 5) is 28.1. The standard InChI is InChI=1S/C17H15NO5/c19-13(11-3-5-18-6-4-11)1-2-14(20)12-9-16-17(10-15(12)21)23-8-7-22-16/h3-6,9-10,21H,1-2,7-8H2. The number of carbonyl (C=O) groups excluding carboxylic acids is 2. The number of nitrogens with zero attached hydrogens (tertiary/aromatic N) is 1. The van der Waals surface area contributed by atoms with E-state index in [2.05, 4.69) is 4.98 Å². The lowest BCUT2D eigenvalue weighted by Gasteiger charge is -2.19. The van der Waals surface area contributed by atoms with E-state index in [9.17, 15) is 14.7 Å². The monoisotopic (exact) mass is 313 g/mol. The Morgan fingerprint density at radius 2 is 1.61 bits per heavy atom. The Morgan fingerprint density at radius 1 is 1.00 bits per heavy atom. The fourth-order valence-corrected chi connectivity index (χ4v) is 2.35. The van der Waals surface area contributed by atoms with Crippen LogP contribution in [-0.2, 0) is 0 Å². The van der Waals surface area contributed by atoms with Gasteiger partial charge in [-0.2, -0.15) is 0 Å². The van der Waals surface area contributed by atoms with Gasteiger partial charge >= 0.3 is 0 Å². The number of carbonyl (C=O) groups is 2. The number of fused-ring (bicyclic) bond motifs is 1. The van der Waals surface area contributed by atoms with Crippen molar-refractivity contribution in [2.24, 2.45) is 0 Å². The zero-order valence-electron chi connectivity index (χ0n) is 12.3. The van der Waals surface area contributed by atoms with Crippen LogP contribution in [0.1, 0.15) is 33.6 Å². The van der Waals surface area contributed by atoms with Gasteiger partial charge in [0.25, 0.3) is 0 Å². The van der Waals surface area contributed by atoms with Crippen molar-refractivity contribution in [2.45, 2.75) is 12.8 Å². The number of aromatic hydroxyl groups is 1. The van der Waals surface area contributed by atoms with Gasteiger partial charge in [-0.3, -0.25) is 14.6 Å². The highest BCUT2D eigenvalue weighted by Crippen LogP contribution is 2.36. The molecule has 118 valence electrons. The van der Waals surface area contributed by atoms with Crippen LogP contribution in [0.2, 0.25) is 0 Å². The lowest BCUT2D eigenvalue weighted by atomic mass is 10.0. The second-order valence-electron chi connectivity index (χ2n) is 5.10. The first-order chi connectivity index (χ1) is 11.1. The molecule has 2 aromatic rings. The molecule has 1 N–H and O–H groups in total. The normalized spacial score (nSPS) is 12.7. The Balaban J connectivity index is 1.70. The Hall–Kier alpha value is -2.89. The van der Waals surface area contributed by atoms with Crippen LogP contribution in [0.3, 0.4) is 0 Å². The minimum absolute atomic E-state index is 0.00829. The molecule has 0 aliphatic carbocycles. The highest BCUT2D eigenvalue weighted by molar-refractivity contribution is 6.03. The number of hydrogen-bond acceptors (Lipinski definition) is 6. The van der Waals surface area contributed by atoms with E-state index in [-0.39, 0.29) is 35.7 Å². The van der Waals surface area contributed by atoms with Crippen molar-refractivity contribution in [3.63, 3.8) is 0 Å². The van der Waals surface area contributed by atoms with Gasteiger partial charge in [0.15, 0.2) is 23.1 Å². The van der Waals surface area contributed by atoms with Gasteiger partial charge in [0, 0.05) is 36.9 Å². The van der Waals surface area contributed by atoms with Crippen LogP contribution in [0.15, 0.2) is 36.7 Å². The smallest absolute Gasteiger partial charge is 0.167 e. The predicted octanol–water partition coefficient (Wildman–Crippen LogP) is 2.40. The third-order valence-electron chi connectivity index (χ3n) is 3.54. The summed E-state index contributed by atoms with van der Waals surface area (Å²) in [7, 11) is 0. The van der Waals surface area contributed by atoms with Crippen molar-refractivity contribution < 1.29 is 24.2 Å². The van der Waals surface area contributed by atoms with E-state index in [1.807, 2.05) is 0 Å². The molecule has 0 saturated heterocycles. The fraction of sp³-hybridized carbons (Fsp3) is 0.235. The number of benzene rings is 1. The SMILES string of the molecule is O=C(CCC(=O)c1cc2c(cc1O)OCCO2)c1ccncc1. The number of pyridine rings is 1. The van der Waals surface area contributed by atoms with Crippen LogP contribution in [0, 0.1) is 0 Å². The molecule has 0 bridgehead atoms. The Bertz CT molecular complexity index is 742. The second-order valence-corrected chi connectivity index (χ2v) is 5.10. The van der Waals surface area contributed by atoms with Gasteiger partial charge in [-0.1, -0.05) is 0 Å². The van der Waals surface area contributed by atoms with Crippen molar-refractivity contribution in [3.8, 4) is 17.2 Å². The van der Waals surface area contributed by atoms with Crippen LogP contribution in [0.4, 0.5) is 0 Å². The minimum Gasteiger partial charge on any atom is -0.507 e. The molecule has 1 aromatic carbocycles. The maximum absolute atomic E-state index is 12.3. The third-order valence-corrected chi connectivity index (χ3v) is 3.54. The minimum atomic E-state index is -0.318. The van der Waals surface area contributed by atoms with Gasteiger partial charge < -0.3 is 14.6 Å². The molecular weight excluding hydrogens is 298 g/mol. The van der Waals surface area contributed by atoms with Crippen LogP contribution < -0.4 is 9.47 Å². The lowest BCUT2D eigenvalue weighted by molar-refractivity contribution is 0.0915. The number of ether oxygens (including phenoxy) is 2. The molecule has 0 radical (unpaired) electrons. The summed E-state index contributed by atoms with van der Waals surface area (Å²) in [5, 5.41) is 9.97. The average molecular weight is 313 g/mol. The summed E-state index contributed by atoms with van der Waals surface area (Å²) >= 11 is 0. The molecule has 2 heterocycles. The molecule has 6 nitrogen and oxygen atoms in total. The summed E-state index contributed by atoms with van der Waals surface area (Å²) in [6.45, 7) is 0.798. The Morgan fingerprint density at radius 3 is 2.30 bits per heavy atom. The average Bonchev–Trinajstić information content (AvgIpc) is 2.59. The van der Waals surface area contributed by atoms with Gasteiger partial charge in [0.1, 0.15) is 19.0 Å². The quantitative estimate of drug-likeness (QED) is 0.853. The lowest BCUT2D eigenvalue weighted by Crippen LogP contribution is -2.16. The van der Waals surface area contributed by atoms with Crippen LogP contribution >= 0.6 is 0 Å². The van der Waals surface area contributed by atoms with Crippen LogP contribution in [0.5, 0.6) is 17.2 Å². The van der Waals surface area contributed by atoms with E-state index in [1.165, 1.54) is 24.5 Å². The summed E-state index contributed by atoms with van der Waals surface area (Å²) in [6.07, 6.45) is 3.13. The number of ketones is 2. The molecule has 23 heavy (non-hydrogen) atoms. The van der Waals surface area contributed by atoms with E-state index in [0.29, 0.717) is 30.3 Å². The molecule has 0 saturated carbocycles. The summed E-state index contributed by atoms with van der Waals surface area (Å²) in [6, 6.07) is 6.04. The molecular formula is C17H15NO5. The third kappa shape index (κ3) is 3.31. The van der Waals surface area contributed by atoms with E-state index in [4.69, 9.17) is 9.47 Å². The van der Waals surface area contributed by atoms with Gasteiger partial charge in [-0.15, -0.1) is 0 Å². The van der Waals surface area contributed by atoms with Crippen molar-refractivity contribution in [1.29, 1.82) is 0 Å². The van der Waals surface area contributed by atoms with Crippen LogP contribution in [0.25, 0.3) is 0 Å². The zero-order valence-corrected chi connectivity index (χ0v) is 12.3. The first-order valence-electron chi connectivity index (χ1n) is 7.24. The number of phenolic OH excluding ortho intramolecular Hbond substituents is 1. The maximum Gasteiger partial charge on any atom is 0.167 e. The number of hydrogen-bond donors (Lipinski definition) is 1. The molecule has 3 rings (SSSR count).